The molecule has 1 fully saturated rings. The second-order valence-electron chi connectivity index (χ2n) is 6.33. The van der Waals surface area contributed by atoms with E-state index in [9.17, 15) is 0 Å². The molecular weight excluding hydrogens is 378 g/mol. The molecular formula is C19H23N5OS2. The second-order valence-corrected chi connectivity index (χ2v) is 8.21. The van der Waals surface area contributed by atoms with Crippen LogP contribution in [-0.4, -0.2) is 46.1 Å². The van der Waals surface area contributed by atoms with Gasteiger partial charge in [0.15, 0.2) is 5.16 Å². The Balaban J connectivity index is 1.56. The zero-order valence-corrected chi connectivity index (χ0v) is 17.0. The zero-order valence-electron chi connectivity index (χ0n) is 15.4. The Morgan fingerprint density at radius 3 is 2.70 bits per heavy atom. The molecule has 6 nitrogen and oxygen atoms in total. The number of anilines is 1. The number of morpholine rings is 1. The van der Waals surface area contributed by atoms with Gasteiger partial charge in [0.25, 0.3) is 0 Å². The zero-order chi connectivity index (χ0) is 18.5. The highest BCUT2D eigenvalue weighted by Crippen LogP contribution is 2.27. The first-order valence-electron chi connectivity index (χ1n) is 9.19. The number of thioether (sulfide) groups is 1. The highest BCUT2D eigenvalue weighted by molar-refractivity contribution is 7.98. The summed E-state index contributed by atoms with van der Waals surface area (Å²) in [7, 11) is 0. The Morgan fingerprint density at radius 2 is 1.96 bits per heavy atom. The van der Waals surface area contributed by atoms with E-state index in [1.165, 1.54) is 10.6 Å². The van der Waals surface area contributed by atoms with E-state index >= 15 is 0 Å². The average Bonchev–Trinajstić information content (AvgIpc) is 3.35. The van der Waals surface area contributed by atoms with Gasteiger partial charge in [0.1, 0.15) is 0 Å². The van der Waals surface area contributed by atoms with Crippen LogP contribution < -0.4 is 4.90 Å². The largest absolute Gasteiger partial charge is 0.378 e. The van der Waals surface area contributed by atoms with Gasteiger partial charge in [-0.05, 0) is 12.0 Å². The molecule has 0 unspecified atom stereocenters. The van der Waals surface area contributed by atoms with Crippen LogP contribution >= 0.6 is 23.1 Å². The molecule has 0 bridgehead atoms. The van der Waals surface area contributed by atoms with Crippen molar-refractivity contribution in [3.8, 4) is 0 Å². The van der Waals surface area contributed by atoms with Crippen LogP contribution in [0.3, 0.4) is 0 Å². The van der Waals surface area contributed by atoms with Crippen molar-refractivity contribution in [1.82, 2.24) is 19.7 Å². The van der Waals surface area contributed by atoms with Crippen LogP contribution in [0.25, 0.3) is 0 Å². The minimum Gasteiger partial charge on any atom is -0.378 e. The molecule has 1 saturated heterocycles. The summed E-state index contributed by atoms with van der Waals surface area (Å²) >= 11 is 3.43. The van der Waals surface area contributed by atoms with Gasteiger partial charge in [0.2, 0.25) is 5.95 Å². The number of aryl methyl sites for hydroxylation is 1. The van der Waals surface area contributed by atoms with Crippen molar-refractivity contribution >= 4 is 29.0 Å². The van der Waals surface area contributed by atoms with Gasteiger partial charge in [-0.2, -0.15) is 0 Å². The number of hydrogen-bond acceptors (Lipinski definition) is 7. The minimum atomic E-state index is 0.735. The first-order valence-corrected chi connectivity index (χ1v) is 11.1. The van der Waals surface area contributed by atoms with Crippen LogP contribution in [0.15, 0.2) is 40.9 Å². The highest BCUT2D eigenvalue weighted by Gasteiger charge is 2.21. The lowest BCUT2D eigenvalue weighted by molar-refractivity contribution is 0.121. The first-order chi connectivity index (χ1) is 13.3. The number of rotatable bonds is 7. The molecule has 1 aliphatic heterocycles. The molecule has 0 N–H and O–H groups in total. The second kappa shape index (κ2) is 8.86. The van der Waals surface area contributed by atoms with Crippen LogP contribution in [0.4, 0.5) is 5.95 Å². The molecule has 142 valence electrons. The van der Waals surface area contributed by atoms with Crippen molar-refractivity contribution in [2.45, 2.75) is 30.8 Å². The van der Waals surface area contributed by atoms with Gasteiger partial charge in [-0.3, -0.25) is 4.57 Å². The molecule has 1 aromatic carbocycles. The quantitative estimate of drug-likeness (QED) is 0.565. The van der Waals surface area contributed by atoms with Crippen LogP contribution in [0.5, 0.6) is 0 Å². The fraction of sp³-hybridized carbons (Fsp3) is 0.421. The van der Waals surface area contributed by atoms with E-state index in [1.54, 1.807) is 23.1 Å². The molecule has 27 heavy (non-hydrogen) atoms. The van der Waals surface area contributed by atoms with E-state index in [2.05, 4.69) is 61.2 Å². The third-order valence-corrected chi connectivity index (χ3v) is 6.47. The SMILES string of the molecule is CCc1nc(CSc2nnc(N3CCOCC3)n2Cc2ccccc2)cs1. The maximum Gasteiger partial charge on any atom is 0.228 e. The van der Waals surface area contributed by atoms with Crippen LogP contribution in [-0.2, 0) is 23.5 Å². The monoisotopic (exact) mass is 401 g/mol. The van der Waals surface area contributed by atoms with Gasteiger partial charge in [0, 0.05) is 24.2 Å². The number of aromatic nitrogens is 4. The third-order valence-electron chi connectivity index (χ3n) is 4.43. The average molecular weight is 402 g/mol. The predicted molar refractivity (Wildman–Crippen MR) is 110 cm³/mol. The lowest BCUT2D eigenvalue weighted by Crippen LogP contribution is -2.38. The summed E-state index contributed by atoms with van der Waals surface area (Å²) in [4.78, 5) is 6.93. The molecule has 0 amide bonds. The number of benzene rings is 1. The summed E-state index contributed by atoms with van der Waals surface area (Å²) < 4.78 is 7.71. The normalized spacial score (nSPS) is 14.6. The van der Waals surface area contributed by atoms with E-state index < -0.39 is 0 Å². The van der Waals surface area contributed by atoms with E-state index in [4.69, 9.17) is 4.74 Å². The number of ether oxygens (including phenoxy) is 1. The Bertz CT molecular complexity index is 858. The minimum absolute atomic E-state index is 0.735. The molecule has 0 spiro atoms. The molecule has 0 saturated carbocycles. The summed E-state index contributed by atoms with van der Waals surface area (Å²) in [5, 5.41) is 13.3. The molecule has 0 aliphatic carbocycles. The Labute approximate surface area is 167 Å². The Morgan fingerprint density at radius 1 is 1.15 bits per heavy atom. The lowest BCUT2D eigenvalue weighted by atomic mass is 10.2. The van der Waals surface area contributed by atoms with Crippen LogP contribution in [0, 0.1) is 0 Å². The predicted octanol–water partition coefficient (Wildman–Crippen LogP) is 3.47. The van der Waals surface area contributed by atoms with Gasteiger partial charge in [-0.1, -0.05) is 49.0 Å². The molecule has 0 atom stereocenters. The van der Waals surface area contributed by atoms with Crippen molar-refractivity contribution in [1.29, 1.82) is 0 Å². The number of hydrogen-bond donors (Lipinski definition) is 0. The fourth-order valence-corrected chi connectivity index (χ4v) is 4.68. The Kier molecular flexibility index (Phi) is 6.06. The van der Waals surface area contributed by atoms with Crippen molar-refractivity contribution in [2.75, 3.05) is 31.2 Å². The summed E-state index contributed by atoms with van der Waals surface area (Å²) in [6.45, 7) is 6.08. The van der Waals surface area contributed by atoms with Gasteiger partial charge in [-0.25, -0.2) is 4.98 Å². The maximum atomic E-state index is 5.49. The number of thiazole rings is 1. The summed E-state index contributed by atoms with van der Waals surface area (Å²) in [5.74, 6) is 1.74. The molecule has 8 heteroatoms. The van der Waals surface area contributed by atoms with E-state index in [1.807, 2.05) is 6.07 Å². The molecule has 2 aromatic heterocycles. The first kappa shape index (κ1) is 18.5. The number of nitrogens with zero attached hydrogens (tertiary/aromatic N) is 5. The fourth-order valence-electron chi connectivity index (χ4n) is 3.01. The topological polar surface area (TPSA) is 56.1 Å². The maximum absolute atomic E-state index is 5.49. The molecule has 4 rings (SSSR count). The molecule has 3 heterocycles. The molecule has 1 aliphatic rings. The third kappa shape index (κ3) is 4.51. The summed E-state index contributed by atoms with van der Waals surface area (Å²) in [5.41, 5.74) is 2.36. The van der Waals surface area contributed by atoms with Gasteiger partial charge in [-0.15, -0.1) is 21.5 Å². The molecule has 3 aromatic rings. The van der Waals surface area contributed by atoms with Crippen molar-refractivity contribution in [3.05, 3.63) is 52.0 Å². The summed E-state index contributed by atoms with van der Waals surface area (Å²) in [6, 6.07) is 10.5. The van der Waals surface area contributed by atoms with Crippen molar-refractivity contribution < 1.29 is 4.74 Å². The lowest BCUT2D eigenvalue weighted by Gasteiger charge is -2.28. The molecule has 0 radical (unpaired) electrons. The van der Waals surface area contributed by atoms with E-state index in [-0.39, 0.29) is 0 Å². The Hall–Kier alpha value is -1.90. The van der Waals surface area contributed by atoms with Gasteiger partial charge in [0.05, 0.1) is 30.5 Å². The highest BCUT2D eigenvalue weighted by atomic mass is 32.2. The van der Waals surface area contributed by atoms with Gasteiger partial charge >= 0.3 is 0 Å². The smallest absolute Gasteiger partial charge is 0.228 e. The van der Waals surface area contributed by atoms with Crippen molar-refractivity contribution in [3.63, 3.8) is 0 Å². The van der Waals surface area contributed by atoms with Crippen molar-refractivity contribution in [2.24, 2.45) is 0 Å². The standard InChI is InChI=1S/C19H23N5OS2/c1-2-17-20-16(13-26-17)14-27-19-22-21-18(23-8-10-25-11-9-23)24(19)12-15-6-4-3-5-7-15/h3-7,13H,2,8-12,14H2,1H3. The van der Waals surface area contributed by atoms with Crippen LogP contribution in [0.2, 0.25) is 0 Å². The van der Waals surface area contributed by atoms with E-state index in [0.717, 1.165) is 61.8 Å². The van der Waals surface area contributed by atoms with Gasteiger partial charge < -0.3 is 9.64 Å². The summed E-state index contributed by atoms with van der Waals surface area (Å²) in [6.07, 6.45) is 0.987. The van der Waals surface area contributed by atoms with Crippen LogP contribution in [0.1, 0.15) is 23.2 Å². The van der Waals surface area contributed by atoms with E-state index in [0.29, 0.717) is 0 Å².